The molecular formula is C28H45N5O. The molecule has 1 aliphatic rings. The Morgan fingerprint density at radius 1 is 1.09 bits per heavy atom. The van der Waals surface area contributed by atoms with Gasteiger partial charge in [0.05, 0.1) is 12.1 Å². The highest BCUT2D eigenvalue weighted by Crippen LogP contribution is 2.32. The molecule has 6 nitrogen and oxygen atoms in total. The van der Waals surface area contributed by atoms with Crippen LogP contribution in [-0.2, 0) is 11.2 Å². The normalized spacial score (nSPS) is 16.6. The van der Waals surface area contributed by atoms with Gasteiger partial charge in [-0.1, -0.05) is 32.9 Å². The Kier molecular flexibility index (Phi) is 9.07. The van der Waals surface area contributed by atoms with E-state index in [0.29, 0.717) is 30.1 Å². The van der Waals surface area contributed by atoms with Crippen LogP contribution in [0.3, 0.4) is 0 Å². The molecule has 1 aromatic heterocycles. The number of hydrogen-bond donors (Lipinski definition) is 1. The summed E-state index contributed by atoms with van der Waals surface area (Å²) in [6, 6.07) is 8.52. The van der Waals surface area contributed by atoms with Crippen LogP contribution >= 0.6 is 0 Å². The lowest BCUT2D eigenvalue weighted by molar-refractivity contribution is 0.0282. The van der Waals surface area contributed by atoms with Crippen LogP contribution < -0.4 is 5.73 Å². The summed E-state index contributed by atoms with van der Waals surface area (Å²) in [7, 11) is 0. The summed E-state index contributed by atoms with van der Waals surface area (Å²) >= 11 is 0. The molecule has 0 unspecified atom stereocenters. The van der Waals surface area contributed by atoms with Crippen molar-refractivity contribution in [2.75, 3.05) is 51.7 Å². The molecule has 0 spiro atoms. The van der Waals surface area contributed by atoms with E-state index in [0.717, 1.165) is 56.5 Å². The molecule has 2 aromatic rings. The Morgan fingerprint density at radius 2 is 1.82 bits per heavy atom. The maximum Gasteiger partial charge on any atom is 0.150 e. The first kappa shape index (κ1) is 26.6. The fourth-order valence-corrected chi connectivity index (χ4v) is 5.27. The molecule has 2 heterocycles. The molecule has 0 saturated carbocycles. The van der Waals surface area contributed by atoms with Crippen LogP contribution in [0.15, 0.2) is 29.3 Å². The molecule has 1 aromatic carbocycles. The average molecular weight is 468 g/mol. The minimum atomic E-state index is 0.263. The number of nitrogen functional groups attached to an aromatic ring is 1. The number of benzene rings is 1. The Morgan fingerprint density at radius 3 is 2.50 bits per heavy atom. The first-order chi connectivity index (χ1) is 16.1. The van der Waals surface area contributed by atoms with Crippen molar-refractivity contribution in [1.29, 1.82) is 0 Å². The highest BCUT2D eigenvalue weighted by Gasteiger charge is 2.33. The van der Waals surface area contributed by atoms with Crippen LogP contribution in [0.1, 0.15) is 59.9 Å². The first-order valence-corrected chi connectivity index (χ1v) is 12.8. The second-order valence-electron chi connectivity index (χ2n) is 11.4. The highest BCUT2D eigenvalue weighted by molar-refractivity contribution is 5.86. The fraction of sp³-hybridized carbons (Fsp3) is 0.643. The SMILES string of the molecule is CCOCC=Nc1cc2ccc(CCCN3CCN(C(C)(C)CC(C)(C)C)CC3)cc2nc1N. The van der Waals surface area contributed by atoms with Gasteiger partial charge in [0.2, 0.25) is 0 Å². The molecule has 3 rings (SSSR count). The standard InChI is InChI=1S/C28H45N5O/c1-7-34-18-12-30-25-20-23-11-10-22(19-24(23)31-26(25)29)9-8-13-32-14-16-33(17-15-32)28(5,6)21-27(2,3)4/h10-12,19-20H,7-9,13-18,21H2,1-6H3,(H2,29,31). The van der Waals surface area contributed by atoms with Crippen LogP contribution in [0, 0.1) is 5.41 Å². The number of pyridine rings is 1. The van der Waals surface area contributed by atoms with Gasteiger partial charge in [-0.15, -0.1) is 0 Å². The van der Waals surface area contributed by atoms with E-state index in [1.165, 1.54) is 12.0 Å². The molecule has 0 atom stereocenters. The van der Waals surface area contributed by atoms with Gasteiger partial charge in [0.15, 0.2) is 0 Å². The molecule has 0 aliphatic carbocycles. The number of aliphatic imine (C=N–C) groups is 1. The Bertz CT molecular complexity index is 955. The first-order valence-electron chi connectivity index (χ1n) is 12.8. The molecular weight excluding hydrogens is 422 g/mol. The zero-order valence-electron chi connectivity index (χ0n) is 22.2. The van der Waals surface area contributed by atoms with E-state index in [-0.39, 0.29) is 5.54 Å². The van der Waals surface area contributed by atoms with Crippen molar-refractivity contribution in [2.45, 2.75) is 66.3 Å². The lowest BCUT2D eigenvalue weighted by Gasteiger charge is -2.46. The topological polar surface area (TPSA) is 67.0 Å². The van der Waals surface area contributed by atoms with E-state index in [1.54, 1.807) is 6.21 Å². The highest BCUT2D eigenvalue weighted by atomic mass is 16.5. The van der Waals surface area contributed by atoms with E-state index in [1.807, 2.05) is 13.0 Å². The second kappa shape index (κ2) is 11.6. The largest absolute Gasteiger partial charge is 0.382 e. The van der Waals surface area contributed by atoms with Crippen LogP contribution in [0.25, 0.3) is 10.9 Å². The summed E-state index contributed by atoms with van der Waals surface area (Å²) in [6.07, 6.45) is 5.18. The number of aromatic nitrogens is 1. The number of nitrogens with two attached hydrogens (primary N) is 1. The Labute approximate surface area is 206 Å². The molecule has 1 aliphatic heterocycles. The van der Waals surface area contributed by atoms with Crippen LogP contribution in [-0.4, -0.2) is 72.5 Å². The minimum Gasteiger partial charge on any atom is -0.382 e. The van der Waals surface area contributed by atoms with Gasteiger partial charge in [0.25, 0.3) is 0 Å². The van der Waals surface area contributed by atoms with Gasteiger partial charge in [0.1, 0.15) is 11.5 Å². The lowest BCUT2D eigenvalue weighted by atomic mass is 9.80. The molecule has 6 heteroatoms. The van der Waals surface area contributed by atoms with E-state index in [9.17, 15) is 0 Å². The summed E-state index contributed by atoms with van der Waals surface area (Å²) in [6.45, 7) is 20.8. The number of anilines is 1. The summed E-state index contributed by atoms with van der Waals surface area (Å²) in [4.78, 5) is 14.3. The quantitative estimate of drug-likeness (QED) is 0.378. The molecule has 0 amide bonds. The smallest absolute Gasteiger partial charge is 0.150 e. The fourth-order valence-electron chi connectivity index (χ4n) is 5.27. The molecule has 34 heavy (non-hydrogen) atoms. The number of aryl methyl sites for hydroxylation is 1. The van der Waals surface area contributed by atoms with E-state index in [4.69, 9.17) is 10.5 Å². The third kappa shape index (κ3) is 7.76. The van der Waals surface area contributed by atoms with Crippen molar-refractivity contribution >= 4 is 28.6 Å². The van der Waals surface area contributed by atoms with Crippen molar-refractivity contribution in [3.8, 4) is 0 Å². The van der Waals surface area contributed by atoms with Gasteiger partial charge in [-0.2, -0.15) is 0 Å². The molecule has 0 radical (unpaired) electrons. The zero-order valence-corrected chi connectivity index (χ0v) is 22.2. The van der Waals surface area contributed by atoms with Crippen molar-refractivity contribution in [3.05, 3.63) is 29.8 Å². The number of rotatable bonds is 10. The predicted octanol–water partition coefficient (Wildman–Crippen LogP) is 5.32. The molecule has 2 N–H and O–H groups in total. The summed E-state index contributed by atoms with van der Waals surface area (Å²) in [5.41, 5.74) is 9.72. The van der Waals surface area contributed by atoms with Crippen LogP contribution in [0.2, 0.25) is 0 Å². The van der Waals surface area contributed by atoms with Crippen molar-refractivity contribution in [1.82, 2.24) is 14.8 Å². The third-order valence-corrected chi connectivity index (χ3v) is 6.65. The zero-order chi connectivity index (χ0) is 24.8. The minimum absolute atomic E-state index is 0.263. The summed E-state index contributed by atoms with van der Waals surface area (Å²) in [5.74, 6) is 0.463. The predicted molar refractivity (Wildman–Crippen MR) is 145 cm³/mol. The molecule has 188 valence electrons. The number of nitrogens with zero attached hydrogens (tertiary/aromatic N) is 4. The van der Waals surface area contributed by atoms with Crippen LogP contribution in [0.4, 0.5) is 11.5 Å². The van der Waals surface area contributed by atoms with Crippen molar-refractivity contribution in [3.63, 3.8) is 0 Å². The average Bonchev–Trinajstić information content (AvgIpc) is 2.76. The molecule has 1 fully saturated rings. The maximum atomic E-state index is 6.15. The van der Waals surface area contributed by atoms with Crippen molar-refractivity contribution < 1.29 is 4.74 Å². The van der Waals surface area contributed by atoms with Gasteiger partial charge < -0.3 is 15.4 Å². The second-order valence-corrected chi connectivity index (χ2v) is 11.4. The third-order valence-electron chi connectivity index (χ3n) is 6.65. The Hall–Kier alpha value is -2.02. The number of ether oxygens (including phenoxy) is 1. The molecule has 0 bridgehead atoms. The van der Waals surface area contributed by atoms with Gasteiger partial charge in [-0.3, -0.25) is 9.89 Å². The van der Waals surface area contributed by atoms with Crippen molar-refractivity contribution in [2.24, 2.45) is 10.4 Å². The number of hydrogen-bond acceptors (Lipinski definition) is 6. The van der Waals surface area contributed by atoms with Gasteiger partial charge in [-0.05, 0) is 69.7 Å². The summed E-state index contributed by atoms with van der Waals surface area (Å²) < 4.78 is 5.30. The monoisotopic (exact) mass is 467 g/mol. The van der Waals surface area contributed by atoms with E-state index >= 15 is 0 Å². The van der Waals surface area contributed by atoms with Gasteiger partial charge in [-0.25, -0.2) is 4.98 Å². The van der Waals surface area contributed by atoms with E-state index in [2.05, 4.69) is 72.6 Å². The lowest BCUT2D eigenvalue weighted by Crippen LogP contribution is -2.55. The van der Waals surface area contributed by atoms with Gasteiger partial charge >= 0.3 is 0 Å². The van der Waals surface area contributed by atoms with Gasteiger partial charge in [0, 0.05) is 49.9 Å². The summed E-state index contributed by atoms with van der Waals surface area (Å²) in [5, 5.41) is 1.07. The molecule has 1 saturated heterocycles. The van der Waals surface area contributed by atoms with Crippen LogP contribution in [0.5, 0.6) is 0 Å². The van der Waals surface area contributed by atoms with E-state index < -0.39 is 0 Å². The maximum absolute atomic E-state index is 6.15. The Balaban J connectivity index is 1.49. The number of piperazine rings is 1. The number of fused-ring (bicyclic) bond motifs is 1.